The van der Waals surface area contributed by atoms with Crippen LogP contribution in [-0.2, 0) is 4.79 Å². The van der Waals surface area contributed by atoms with Crippen LogP contribution >= 0.6 is 0 Å². The lowest BCUT2D eigenvalue weighted by molar-refractivity contribution is -0.142. The molecule has 0 aliphatic heterocycles. The Kier molecular flexibility index (Phi) is 3.95. The molecule has 0 heterocycles. The second-order valence-electron chi connectivity index (χ2n) is 2.37. The summed E-state index contributed by atoms with van der Waals surface area (Å²) in [5.74, 6) is -1.41. The highest BCUT2D eigenvalue weighted by molar-refractivity contribution is 5.72. The van der Waals surface area contributed by atoms with Crippen LogP contribution in [0, 0.1) is 0 Å². The molecular formula is C6H12FNO2. The third kappa shape index (κ3) is 4.26. The van der Waals surface area contributed by atoms with Gasteiger partial charge in [0.15, 0.2) is 0 Å². The average molecular weight is 149 g/mol. The van der Waals surface area contributed by atoms with Gasteiger partial charge in [-0.2, -0.15) is 0 Å². The molecule has 0 bridgehead atoms. The number of halogens is 1. The Labute approximate surface area is 59.2 Å². The van der Waals surface area contributed by atoms with Crippen molar-refractivity contribution < 1.29 is 14.3 Å². The van der Waals surface area contributed by atoms with E-state index in [-0.39, 0.29) is 12.6 Å². The third-order valence-corrected chi connectivity index (χ3v) is 0.973. The third-order valence-electron chi connectivity index (χ3n) is 0.973. The molecule has 10 heavy (non-hydrogen) atoms. The van der Waals surface area contributed by atoms with Crippen molar-refractivity contribution in [3.05, 3.63) is 0 Å². The number of hydrogen-bond donors (Lipinski definition) is 2. The van der Waals surface area contributed by atoms with Gasteiger partial charge >= 0.3 is 5.97 Å². The van der Waals surface area contributed by atoms with Crippen molar-refractivity contribution in [3.63, 3.8) is 0 Å². The van der Waals surface area contributed by atoms with Crippen LogP contribution in [-0.4, -0.2) is 29.8 Å². The second-order valence-corrected chi connectivity index (χ2v) is 2.37. The van der Waals surface area contributed by atoms with Crippen molar-refractivity contribution in [1.82, 2.24) is 5.32 Å². The summed E-state index contributed by atoms with van der Waals surface area (Å²) in [4.78, 5) is 9.90. The van der Waals surface area contributed by atoms with E-state index in [1.807, 2.05) is 13.8 Å². The summed E-state index contributed by atoms with van der Waals surface area (Å²) in [5.41, 5.74) is 0. The smallest absolute Gasteiger partial charge is 0.339 e. The summed E-state index contributed by atoms with van der Waals surface area (Å²) >= 11 is 0. The van der Waals surface area contributed by atoms with Gasteiger partial charge in [-0.05, 0) is 0 Å². The van der Waals surface area contributed by atoms with E-state index >= 15 is 0 Å². The maximum atomic E-state index is 12.2. The Morgan fingerprint density at radius 3 is 2.50 bits per heavy atom. The fourth-order valence-corrected chi connectivity index (χ4v) is 0.426. The molecule has 3 nitrogen and oxygen atoms in total. The summed E-state index contributed by atoms with van der Waals surface area (Å²) in [6, 6.07) is 0.123. The van der Waals surface area contributed by atoms with Crippen LogP contribution in [0.4, 0.5) is 4.39 Å². The van der Waals surface area contributed by atoms with E-state index < -0.39 is 12.1 Å². The number of alkyl halides is 1. The van der Waals surface area contributed by atoms with Crippen molar-refractivity contribution >= 4 is 5.97 Å². The molecule has 0 aromatic carbocycles. The Balaban J connectivity index is 3.40. The summed E-state index contributed by atoms with van der Waals surface area (Å²) in [5, 5.41) is 10.8. The van der Waals surface area contributed by atoms with Crippen LogP contribution < -0.4 is 5.32 Å². The Hall–Kier alpha value is -0.640. The molecule has 0 rings (SSSR count). The first-order valence-electron chi connectivity index (χ1n) is 3.14. The molecule has 0 spiro atoms. The zero-order chi connectivity index (χ0) is 8.15. The zero-order valence-electron chi connectivity index (χ0n) is 6.10. The molecule has 0 aromatic rings. The molecule has 0 saturated heterocycles. The van der Waals surface area contributed by atoms with Crippen LogP contribution in [0.2, 0.25) is 0 Å². The molecule has 0 aromatic heterocycles. The van der Waals surface area contributed by atoms with Gasteiger partial charge in [-0.3, -0.25) is 0 Å². The first kappa shape index (κ1) is 9.36. The molecule has 0 fully saturated rings. The van der Waals surface area contributed by atoms with Crippen molar-refractivity contribution in [2.45, 2.75) is 26.1 Å². The van der Waals surface area contributed by atoms with Gasteiger partial charge in [0, 0.05) is 12.6 Å². The maximum Gasteiger partial charge on any atom is 0.339 e. The predicted octanol–water partition coefficient (Wildman–Crippen LogP) is 0.407. The number of rotatable bonds is 4. The number of carbonyl (C=O) groups is 1. The van der Waals surface area contributed by atoms with Crippen LogP contribution in [0.3, 0.4) is 0 Å². The molecule has 0 aliphatic rings. The van der Waals surface area contributed by atoms with E-state index in [9.17, 15) is 9.18 Å². The molecule has 0 amide bonds. The summed E-state index contributed by atoms with van der Waals surface area (Å²) in [7, 11) is 0. The predicted molar refractivity (Wildman–Crippen MR) is 35.7 cm³/mol. The van der Waals surface area contributed by atoms with Crippen molar-refractivity contribution in [2.75, 3.05) is 6.54 Å². The minimum atomic E-state index is -1.79. The second kappa shape index (κ2) is 4.22. The average Bonchev–Trinajstić information content (AvgIpc) is 1.82. The summed E-state index contributed by atoms with van der Waals surface area (Å²) < 4.78 is 12.2. The van der Waals surface area contributed by atoms with Crippen LogP contribution in [0.1, 0.15) is 13.8 Å². The molecule has 0 unspecified atom stereocenters. The standard InChI is InChI=1S/C6H12FNO2/c1-4(2)8-3-5(7)6(9)10/h4-5,8H,3H2,1-2H3,(H,9,10)/t5-/m1/s1. The van der Waals surface area contributed by atoms with E-state index in [0.717, 1.165) is 0 Å². The zero-order valence-corrected chi connectivity index (χ0v) is 6.10. The van der Waals surface area contributed by atoms with Crippen molar-refractivity contribution in [3.8, 4) is 0 Å². The van der Waals surface area contributed by atoms with Crippen LogP contribution in [0.25, 0.3) is 0 Å². The molecule has 1 atom stereocenters. The van der Waals surface area contributed by atoms with E-state index in [2.05, 4.69) is 5.32 Å². The topological polar surface area (TPSA) is 49.3 Å². The van der Waals surface area contributed by atoms with E-state index in [1.165, 1.54) is 0 Å². The van der Waals surface area contributed by atoms with Gasteiger partial charge in [-0.15, -0.1) is 0 Å². The lowest BCUT2D eigenvalue weighted by Gasteiger charge is -2.07. The number of nitrogens with one attached hydrogen (secondary N) is 1. The SMILES string of the molecule is CC(C)NC[C@@H](F)C(=O)O. The number of carboxylic acid groups (broad SMARTS) is 1. The molecule has 2 N–H and O–H groups in total. The van der Waals surface area contributed by atoms with Crippen molar-refractivity contribution in [1.29, 1.82) is 0 Å². The fourth-order valence-electron chi connectivity index (χ4n) is 0.426. The Morgan fingerprint density at radius 1 is 1.70 bits per heavy atom. The summed E-state index contributed by atoms with van der Waals surface area (Å²) in [6.07, 6.45) is -1.79. The van der Waals surface area contributed by atoms with Gasteiger partial charge in [0.05, 0.1) is 0 Å². The maximum absolute atomic E-state index is 12.2. The largest absolute Gasteiger partial charge is 0.479 e. The van der Waals surface area contributed by atoms with E-state index in [4.69, 9.17) is 5.11 Å². The molecular weight excluding hydrogens is 137 g/mol. The van der Waals surface area contributed by atoms with Crippen LogP contribution in [0.5, 0.6) is 0 Å². The van der Waals surface area contributed by atoms with Gasteiger partial charge in [0.1, 0.15) is 0 Å². The number of aliphatic carboxylic acids is 1. The highest BCUT2D eigenvalue weighted by Crippen LogP contribution is 1.88. The van der Waals surface area contributed by atoms with E-state index in [1.54, 1.807) is 0 Å². The van der Waals surface area contributed by atoms with Gasteiger partial charge in [-0.1, -0.05) is 13.8 Å². The van der Waals surface area contributed by atoms with Gasteiger partial charge < -0.3 is 10.4 Å². The van der Waals surface area contributed by atoms with E-state index in [0.29, 0.717) is 0 Å². The molecule has 60 valence electrons. The van der Waals surface area contributed by atoms with Gasteiger partial charge in [0.2, 0.25) is 6.17 Å². The summed E-state index contributed by atoms with van der Waals surface area (Å²) in [6.45, 7) is 3.54. The number of hydrogen-bond acceptors (Lipinski definition) is 2. The quantitative estimate of drug-likeness (QED) is 0.608. The molecule has 4 heteroatoms. The first-order valence-corrected chi connectivity index (χ1v) is 3.14. The van der Waals surface area contributed by atoms with Crippen molar-refractivity contribution in [2.24, 2.45) is 0 Å². The molecule has 0 saturated carbocycles. The Bertz CT molecular complexity index is 116. The normalized spacial score (nSPS) is 13.6. The monoisotopic (exact) mass is 149 g/mol. The van der Waals surface area contributed by atoms with Crippen LogP contribution in [0.15, 0.2) is 0 Å². The first-order chi connectivity index (χ1) is 4.54. The lowest BCUT2D eigenvalue weighted by Crippen LogP contribution is -2.33. The molecule has 0 aliphatic carbocycles. The minimum absolute atomic E-state index is 0.118. The minimum Gasteiger partial charge on any atom is -0.479 e. The highest BCUT2D eigenvalue weighted by Gasteiger charge is 2.14. The van der Waals surface area contributed by atoms with Gasteiger partial charge in [0.25, 0.3) is 0 Å². The van der Waals surface area contributed by atoms with Gasteiger partial charge in [-0.25, -0.2) is 9.18 Å². The molecule has 0 radical (unpaired) electrons. The lowest BCUT2D eigenvalue weighted by atomic mass is 10.3. The Morgan fingerprint density at radius 2 is 2.20 bits per heavy atom. The fraction of sp³-hybridized carbons (Fsp3) is 0.833. The highest BCUT2D eigenvalue weighted by atomic mass is 19.1. The number of carboxylic acids is 1.